The minimum Gasteiger partial charge on any atom is -0.480 e. The number of carbonyl (C=O) groups is 4. The van der Waals surface area contributed by atoms with E-state index in [4.69, 9.17) is 5.11 Å². The lowest BCUT2D eigenvalue weighted by molar-refractivity contribution is -0.139. The Kier molecular flexibility index (Phi) is 4.87. The summed E-state index contributed by atoms with van der Waals surface area (Å²) in [6.45, 7) is 3.39. The molecule has 0 aliphatic carbocycles. The van der Waals surface area contributed by atoms with Crippen LogP contribution in [0.25, 0.3) is 0 Å². The summed E-state index contributed by atoms with van der Waals surface area (Å²) in [7, 11) is 0. The van der Waals surface area contributed by atoms with Crippen molar-refractivity contribution in [1.82, 2.24) is 16.0 Å². The molecule has 2 rings (SSSR count). The SMILES string of the molecule is CCCC(NC(=O)c1ccc(C2(C)NC(=O)NC2=O)cc1)C(=O)O. The summed E-state index contributed by atoms with van der Waals surface area (Å²) in [4.78, 5) is 46.4. The van der Waals surface area contributed by atoms with Crippen molar-refractivity contribution < 1.29 is 24.3 Å². The lowest BCUT2D eigenvalue weighted by atomic mass is 9.91. The van der Waals surface area contributed by atoms with Crippen LogP contribution >= 0.6 is 0 Å². The molecule has 128 valence electrons. The van der Waals surface area contributed by atoms with Gasteiger partial charge in [0.05, 0.1) is 0 Å². The van der Waals surface area contributed by atoms with Gasteiger partial charge >= 0.3 is 12.0 Å². The molecule has 0 bridgehead atoms. The average Bonchev–Trinajstić information content (AvgIpc) is 2.80. The first-order valence-electron chi connectivity index (χ1n) is 7.55. The first-order chi connectivity index (χ1) is 11.3. The highest BCUT2D eigenvalue weighted by molar-refractivity contribution is 6.07. The van der Waals surface area contributed by atoms with E-state index >= 15 is 0 Å². The highest BCUT2D eigenvalue weighted by Crippen LogP contribution is 2.24. The van der Waals surface area contributed by atoms with Gasteiger partial charge in [-0.15, -0.1) is 0 Å². The van der Waals surface area contributed by atoms with Crippen molar-refractivity contribution in [2.24, 2.45) is 0 Å². The van der Waals surface area contributed by atoms with Gasteiger partial charge in [0.25, 0.3) is 11.8 Å². The van der Waals surface area contributed by atoms with Crippen molar-refractivity contribution >= 4 is 23.8 Å². The lowest BCUT2D eigenvalue weighted by Crippen LogP contribution is -2.41. The highest BCUT2D eigenvalue weighted by atomic mass is 16.4. The maximum absolute atomic E-state index is 12.1. The lowest BCUT2D eigenvalue weighted by Gasteiger charge is -2.21. The molecular weight excluding hydrogens is 314 g/mol. The molecule has 1 aliphatic rings. The van der Waals surface area contributed by atoms with Gasteiger partial charge in [-0.25, -0.2) is 9.59 Å². The molecule has 1 fully saturated rings. The third kappa shape index (κ3) is 3.37. The van der Waals surface area contributed by atoms with Crippen LogP contribution in [0.2, 0.25) is 0 Å². The van der Waals surface area contributed by atoms with Crippen LogP contribution in [0.4, 0.5) is 4.79 Å². The van der Waals surface area contributed by atoms with Gasteiger partial charge in [-0.1, -0.05) is 25.5 Å². The second kappa shape index (κ2) is 6.69. The third-order valence-electron chi connectivity index (χ3n) is 3.95. The predicted octanol–water partition coefficient (Wildman–Crippen LogP) is 0.724. The number of imide groups is 1. The fourth-order valence-electron chi connectivity index (χ4n) is 2.49. The Morgan fingerprint density at radius 3 is 2.33 bits per heavy atom. The highest BCUT2D eigenvalue weighted by Gasteiger charge is 2.43. The molecule has 1 aromatic rings. The fourth-order valence-corrected chi connectivity index (χ4v) is 2.49. The van der Waals surface area contributed by atoms with Crippen LogP contribution < -0.4 is 16.0 Å². The first-order valence-corrected chi connectivity index (χ1v) is 7.55. The van der Waals surface area contributed by atoms with E-state index in [1.165, 1.54) is 12.1 Å². The predicted molar refractivity (Wildman–Crippen MR) is 84.3 cm³/mol. The van der Waals surface area contributed by atoms with E-state index in [2.05, 4.69) is 16.0 Å². The zero-order chi connectivity index (χ0) is 17.9. The number of hydrogen-bond acceptors (Lipinski definition) is 4. The number of urea groups is 1. The van der Waals surface area contributed by atoms with Gasteiger partial charge in [0.1, 0.15) is 11.6 Å². The Morgan fingerprint density at radius 1 is 1.25 bits per heavy atom. The number of hydrogen-bond donors (Lipinski definition) is 4. The molecule has 0 aromatic heterocycles. The largest absolute Gasteiger partial charge is 0.480 e. The summed E-state index contributed by atoms with van der Waals surface area (Å²) in [5.41, 5.74) is -0.405. The second-order valence-electron chi connectivity index (χ2n) is 5.76. The van der Waals surface area contributed by atoms with Crippen molar-refractivity contribution in [2.75, 3.05) is 0 Å². The normalized spacial score (nSPS) is 20.9. The van der Waals surface area contributed by atoms with Crippen molar-refractivity contribution in [3.63, 3.8) is 0 Å². The molecule has 2 unspecified atom stereocenters. The molecule has 1 aliphatic heterocycles. The Hall–Kier alpha value is -2.90. The van der Waals surface area contributed by atoms with Crippen LogP contribution in [0.5, 0.6) is 0 Å². The molecule has 24 heavy (non-hydrogen) atoms. The molecule has 0 saturated carbocycles. The quantitative estimate of drug-likeness (QED) is 0.571. The molecular formula is C16H19N3O5. The monoisotopic (exact) mass is 333 g/mol. The Bertz CT molecular complexity index is 685. The molecule has 4 N–H and O–H groups in total. The number of benzene rings is 1. The zero-order valence-electron chi connectivity index (χ0n) is 13.4. The standard InChI is InChI=1S/C16H19N3O5/c1-3-4-11(13(21)22)17-12(20)9-5-7-10(8-6-9)16(2)14(23)18-15(24)19-16/h5-8,11H,3-4H2,1-2H3,(H,17,20)(H,21,22)(H2,18,19,23,24). The maximum Gasteiger partial charge on any atom is 0.326 e. The number of aliphatic carboxylic acids is 1. The molecule has 1 aromatic carbocycles. The van der Waals surface area contributed by atoms with Crippen LogP contribution in [0.15, 0.2) is 24.3 Å². The molecule has 4 amide bonds. The molecule has 0 radical (unpaired) electrons. The van der Waals surface area contributed by atoms with Crippen LogP contribution in [0, 0.1) is 0 Å². The van der Waals surface area contributed by atoms with Crippen molar-refractivity contribution in [1.29, 1.82) is 0 Å². The van der Waals surface area contributed by atoms with Crippen molar-refractivity contribution in [3.05, 3.63) is 35.4 Å². The summed E-state index contributed by atoms with van der Waals surface area (Å²) in [5.74, 6) is -2.06. The van der Waals surface area contributed by atoms with E-state index in [-0.39, 0.29) is 5.56 Å². The minimum atomic E-state index is -1.20. The number of carbonyl (C=O) groups excluding carboxylic acids is 3. The molecule has 2 atom stereocenters. The molecule has 8 nitrogen and oxygen atoms in total. The summed E-state index contributed by atoms with van der Waals surface area (Å²) in [5, 5.41) is 16.2. The van der Waals surface area contributed by atoms with Crippen LogP contribution in [-0.4, -0.2) is 35.0 Å². The molecule has 0 spiro atoms. The second-order valence-corrected chi connectivity index (χ2v) is 5.76. The number of carboxylic acids is 1. The van der Waals surface area contributed by atoms with Crippen molar-refractivity contribution in [2.45, 2.75) is 38.3 Å². The van der Waals surface area contributed by atoms with E-state index in [0.717, 1.165) is 0 Å². The Labute approximate surface area is 138 Å². The van der Waals surface area contributed by atoms with Gasteiger partial charge in [-0.05, 0) is 31.0 Å². The Morgan fingerprint density at radius 2 is 1.88 bits per heavy atom. The van der Waals surface area contributed by atoms with Gasteiger partial charge in [0.15, 0.2) is 0 Å². The van der Waals surface area contributed by atoms with Gasteiger partial charge < -0.3 is 15.7 Å². The molecule has 8 heteroatoms. The van der Waals surface area contributed by atoms with E-state index in [9.17, 15) is 19.2 Å². The minimum absolute atomic E-state index is 0.273. The number of carboxylic acid groups (broad SMARTS) is 1. The van der Waals surface area contributed by atoms with Gasteiger partial charge in [-0.2, -0.15) is 0 Å². The maximum atomic E-state index is 12.1. The van der Waals surface area contributed by atoms with Gasteiger partial charge in [-0.3, -0.25) is 14.9 Å². The number of nitrogens with one attached hydrogen (secondary N) is 3. The third-order valence-corrected chi connectivity index (χ3v) is 3.95. The number of rotatable bonds is 6. The number of amides is 4. The Balaban J connectivity index is 2.14. The van der Waals surface area contributed by atoms with Gasteiger partial charge in [0.2, 0.25) is 0 Å². The summed E-state index contributed by atoms with van der Waals surface area (Å²) >= 11 is 0. The topological polar surface area (TPSA) is 125 Å². The van der Waals surface area contributed by atoms with Crippen LogP contribution in [0.1, 0.15) is 42.6 Å². The van der Waals surface area contributed by atoms with E-state index in [0.29, 0.717) is 18.4 Å². The molecule has 1 saturated heterocycles. The first kappa shape index (κ1) is 17.5. The smallest absolute Gasteiger partial charge is 0.326 e. The fraction of sp³-hybridized carbons (Fsp3) is 0.375. The van der Waals surface area contributed by atoms with Crippen LogP contribution in [0.3, 0.4) is 0 Å². The summed E-state index contributed by atoms with van der Waals surface area (Å²) in [6, 6.07) is 4.55. The van der Waals surface area contributed by atoms with Crippen molar-refractivity contribution in [3.8, 4) is 0 Å². The average molecular weight is 333 g/mol. The molecule has 1 heterocycles. The van der Waals surface area contributed by atoms with Crippen LogP contribution in [-0.2, 0) is 15.1 Å². The summed E-state index contributed by atoms with van der Waals surface area (Å²) < 4.78 is 0. The van der Waals surface area contributed by atoms with E-state index < -0.39 is 35.4 Å². The van der Waals surface area contributed by atoms with Gasteiger partial charge in [0, 0.05) is 5.56 Å². The summed E-state index contributed by atoms with van der Waals surface area (Å²) in [6.07, 6.45) is 0.965. The zero-order valence-corrected chi connectivity index (χ0v) is 13.4. The van der Waals surface area contributed by atoms with E-state index in [1.807, 2.05) is 6.92 Å². The van der Waals surface area contributed by atoms with E-state index in [1.54, 1.807) is 19.1 Å².